The number of rotatable bonds is 4. The van der Waals surface area contributed by atoms with Gasteiger partial charge in [-0.05, 0) is 37.3 Å². The molecule has 4 aromatic rings. The molecule has 8 heteroatoms. The summed E-state index contributed by atoms with van der Waals surface area (Å²) < 4.78 is 3.17. The normalized spacial score (nSPS) is 11.1. The van der Waals surface area contributed by atoms with Crippen LogP contribution < -0.4 is 11.0 Å². The van der Waals surface area contributed by atoms with Crippen molar-refractivity contribution in [1.29, 1.82) is 0 Å². The van der Waals surface area contributed by atoms with Crippen molar-refractivity contribution >= 4 is 28.5 Å². The number of pyridine rings is 1. The number of hydrogen-bond donors (Lipinski definition) is 1. The van der Waals surface area contributed by atoms with Gasteiger partial charge in [-0.15, -0.1) is 0 Å². The molecule has 1 aromatic carbocycles. The highest BCUT2D eigenvalue weighted by molar-refractivity contribution is 6.32. The summed E-state index contributed by atoms with van der Waals surface area (Å²) in [5.74, 6) is 0.469. The zero-order chi connectivity index (χ0) is 19.0. The van der Waals surface area contributed by atoms with Crippen molar-refractivity contribution in [2.75, 3.05) is 5.32 Å². The number of benzene rings is 1. The van der Waals surface area contributed by atoms with Crippen LogP contribution in [0, 0.1) is 6.92 Å². The number of halogens is 1. The maximum atomic E-state index is 12.8. The van der Waals surface area contributed by atoms with Crippen molar-refractivity contribution in [3.63, 3.8) is 0 Å². The van der Waals surface area contributed by atoms with Gasteiger partial charge in [0.25, 0.3) is 0 Å². The zero-order valence-electron chi connectivity index (χ0n) is 14.8. The Balaban J connectivity index is 1.87. The third-order valence-electron chi connectivity index (χ3n) is 4.18. The minimum Gasteiger partial charge on any atom is -0.364 e. The van der Waals surface area contributed by atoms with Gasteiger partial charge in [0, 0.05) is 18.9 Å². The Morgan fingerprint density at radius 2 is 1.93 bits per heavy atom. The molecule has 0 aliphatic heterocycles. The van der Waals surface area contributed by atoms with E-state index in [4.69, 9.17) is 11.6 Å². The van der Waals surface area contributed by atoms with Crippen molar-refractivity contribution in [2.24, 2.45) is 7.05 Å². The average molecular weight is 381 g/mol. The summed E-state index contributed by atoms with van der Waals surface area (Å²) in [5, 5.41) is 8.72. The Bertz CT molecular complexity index is 1200. The van der Waals surface area contributed by atoms with Crippen molar-refractivity contribution < 1.29 is 0 Å². The van der Waals surface area contributed by atoms with E-state index in [1.807, 2.05) is 50.5 Å². The van der Waals surface area contributed by atoms with Gasteiger partial charge in [-0.2, -0.15) is 10.1 Å². The molecule has 0 bridgehead atoms. The lowest BCUT2D eigenvalue weighted by atomic mass is 10.2. The second kappa shape index (κ2) is 6.85. The largest absolute Gasteiger partial charge is 0.364 e. The predicted octanol–water partition coefficient (Wildman–Crippen LogP) is 3.09. The van der Waals surface area contributed by atoms with E-state index in [-0.39, 0.29) is 0 Å². The van der Waals surface area contributed by atoms with E-state index in [1.54, 1.807) is 16.8 Å². The van der Waals surface area contributed by atoms with Gasteiger partial charge in [0.1, 0.15) is 5.82 Å². The Morgan fingerprint density at radius 3 is 2.67 bits per heavy atom. The number of fused-ring (bicyclic) bond motifs is 1. The van der Waals surface area contributed by atoms with Gasteiger partial charge in [-0.1, -0.05) is 23.7 Å². The standard InChI is InChI=1S/C19H17ClN6O/c1-12-7-8-14-17(21-11-13-9-10-25(2)24-13)23-19(27)26(18(14)22-12)16-6-4-3-5-15(16)20/h3-10H,11H2,1-2H3,(H,21,23,27). The van der Waals surface area contributed by atoms with Crippen molar-refractivity contribution in [3.8, 4) is 5.69 Å². The van der Waals surface area contributed by atoms with Crippen LogP contribution in [0.5, 0.6) is 0 Å². The number of aromatic nitrogens is 5. The Hall–Kier alpha value is -3.19. The lowest BCUT2D eigenvalue weighted by Crippen LogP contribution is -2.24. The highest BCUT2D eigenvalue weighted by atomic mass is 35.5. The fourth-order valence-corrected chi connectivity index (χ4v) is 3.13. The van der Waals surface area contributed by atoms with Crippen molar-refractivity contribution in [1.82, 2.24) is 24.3 Å². The zero-order valence-corrected chi connectivity index (χ0v) is 15.6. The van der Waals surface area contributed by atoms with Gasteiger partial charge < -0.3 is 5.32 Å². The summed E-state index contributed by atoms with van der Waals surface area (Å²) in [5.41, 5.74) is 2.26. The molecular formula is C19H17ClN6O. The maximum absolute atomic E-state index is 12.8. The van der Waals surface area contributed by atoms with E-state index in [0.29, 0.717) is 28.7 Å². The minimum atomic E-state index is -0.447. The van der Waals surface area contributed by atoms with E-state index in [2.05, 4.69) is 20.4 Å². The minimum absolute atomic E-state index is 0.447. The van der Waals surface area contributed by atoms with Crippen LogP contribution in [0.15, 0.2) is 53.5 Å². The lowest BCUT2D eigenvalue weighted by Gasteiger charge is -2.14. The number of para-hydroxylation sites is 1. The molecule has 3 aromatic heterocycles. The maximum Gasteiger partial charge on any atom is 0.355 e. The first-order valence-electron chi connectivity index (χ1n) is 8.40. The topological polar surface area (TPSA) is 77.6 Å². The van der Waals surface area contributed by atoms with Crippen LogP contribution in [0.4, 0.5) is 5.82 Å². The first kappa shape index (κ1) is 17.2. The molecule has 0 aliphatic carbocycles. The van der Waals surface area contributed by atoms with Crippen LogP contribution in [-0.4, -0.2) is 24.3 Å². The van der Waals surface area contributed by atoms with Gasteiger partial charge >= 0.3 is 5.69 Å². The SMILES string of the molecule is Cc1ccc2c(NCc3ccn(C)n3)nc(=O)n(-c3ccccc3Cl)c2n1. The quantitative estimate of drug-likeness (QED) is 0.588. The summed E-state index contributed by atoms with van der Waals surface area (Å²) in [6.45, 7) is 2.33. The third-order valence-corrected chi connectivity index (χ3v) is 4.50. The molecule has 1 N–H and O–H groups in total. The molecule has 27 heavy (non-hydrogen) atoms. The summed E-state index contributed by atoms with van der Waals surface area (Å²) in [7, 11) is 1.86. The summed E-state index contributed by atoms with van der Waals surface area (Å²) in [6.07, 6.45) is 1.86. The smallest absolute Gasteiger partial charge is 0.355 e. The molecule has 0 radical (unpaired) electrons. The molecule has 0 amide bonds. The number of anilines is 1. The first-order valence-corrected chi connectivity index (χ1v) is 8.78. The van der Waals surface area contributed by atoms with Gasteiger partial charge in [0.15, 0.2) is 5.65 Å². The van der Waals surface area contributed by atoms with Crippen LogP contribution in [-0.2, 0) is 13.6 Å². The highest BCUT2D eigenvalue weighted by Crippen LogP contribution is 2.25. The van der Waals surface area contributed by atoms with E-state index in [0.717, 1.165) is 16.8 Å². The van der Waals surface area contributed by atoms with E-state index >= 15 is 0 Å². The van der Waals surface area contributed by atoms with E-state index in [1.165, 1.54) is 4.57 Å². The van der Waals surface area contributed by atoms with Gasteiger partial charge in [-0.25, -0.2) is 14.3 Å². The first-order chi connectivity index (χ1) is 13.0. The second-order valence-electron chi connectivity index (χ2n) is 6.19. The Morgan fingerprint density at radius 1 is 1.11 bits per heavy atom. The van der Waals surface area contributed by atoms with Gasteiger partial charge in [0.05, 0.1) is 28.3 Å². The fraction of sp³-hybridized carbons (Fsp3) is 0.158. The molecular weight excluding hydrogens is 364 g/mol. The molecule has 7 nitrogen and oxygen atoms in total. The van der Waals surface area contributed by atoms with Gasteiger partial charge in [0.2, 0.25) is 0 Å². The monoisotopic (exact) mass is 380 g/mol. The Kier molecular flexibility index (Phi) is 4.37. The van der Waals surface area contributed by atoms with E-state index < -0.39 is 5.69 Å². The molecule has 0 atom stereocenters. The molecule has 0 spiro atoms. The molecule has 0 unspecified atom stereocenters. The highest BCUT2D eigenvalue weighted by Gasteiger charge is 2.15. The molecule has 4 rings (SSSR count). The molecule has 136 valence electrons. The van der Waals surface area contributed by atoms with E-state index in [9.17, 15) is 4.79 Å². The van der Waals surface area contributed by atoms with Gasteiger partial charge in [-0.3, -0.25) is 4.68 Å². The summed E-state index contributed by atoms with van der Waals surface area (Å²) >= 11 is 6.31. The summed E-state index contributed by atoms with van der Waals surface area (Å²) in [4.78, 5) is 21.6. The van der Waals surface area contributed by atoms with Crippen molar-refractivity contribution in [2.45, 2.75) is 13.5 Å². The molecule has 0 saturated heterocycles. The average Bonchev–Trinajstić information content (AvgIpc) is 3.06. The van der Waals surface area contributed by atoms with Crippen LogP contribution in [0.25, 0.3) is 16.7 Å². The molecule has 0 saturated carbocycles. The van der Waals surface area contributed by atoms with Crippen LogP contribution in [0.2, 0.25) is 5.02 Å². The predicted molar refractivity (Wildman–Crippen MR) is 105 cm³/mol. The number of nitrogens with one attached hydrogen (secondary N) is 1. The molecule has 0 fully saturated rings. The molecule has 3 heterocycles. The number of hydrogen-bond acceptors (Lipinski definition) is 5. The fourth-order valence-electron chi connectivity index (χ4n) is 2.91. The second-order valence-corrected chi connectivity index (χ2v) is 6.60. The summed E-state index contributed by atoms with van der Waals surface area (Å²) in [6, 6.07) is 12.8. The lowest BCUT2D eigenvalue weighted by molar-refractivity contribution is 0.747. The molecule has 0 aliphatic rings. The third kappa shape index (κ3) is 3.29. The Labute approximate surface area is 160 Å². The van der Waals surface area contributed by atoms with Crippen LogP contribution >= 0.6 is 11.6 Å². The van der Waals surface area contributed by atoms with Crippen LogP contribution in [0.3, 0.4) is 0 Å². The number of aryl methyl sites for hydroxylation is 2. The van der Waals surface area contributed by atoms with Crippen LogP contribution in [0.1, 0.15) is 11.4 Å². The number of nitrogens with zero attached hydrogens (tertiary/aromatic N) is 5. The van der Waals surface area contributed by atoms with Crippen molar-refractivity contribution in [3.05, 3.63) is 75.6 Å².